The Morgan fingerprint density at radius 3 is 3.00 bits per heavy atom. The topological polar surface area (TPSA) is 12.5 Å². The Labute approximate surface area is 92.6 Å². The van der Waals surface area contributed by atoms with E-state index in [1.807, 2.05) is 0 Å². The Morgan fingerprint density at radius 1 is 1.40 bits per heavy atom. The van der Waals surface area contributed by atoms with Gasteiger partial charge in [0.2, 0.25) is 0 Å². The van der Waals surface area contributed by atoms with Crippen LogP contribution < -0.4 is 0 Å². The van der Waals surface area contributed by atoms with Gasteiger partial charge < -0.3 is 9.64 Å². The van der Waals surface area contributed by atoms with E-state index in [4.69, 9.17) is 4.74 Å². The maximum atomic E-state index is 5.31. The Balaban J connectivity index is 2.08. The van der Waals surface area contributed by atoms with Crippen molar-refractivity contribution < 1.29 is 4.74 Å². The molecule has 2 heteroatoms. The lowest BCUT2D eigenvalue weighted by atomic mass is 10.00. The van der Waals surface area contributed by atoms with Crippen molar-refractivity contribution in [1.29, 1.82) is 0 Å². The van der Waals surface area contributed by atoms with Crippen LogP contribution >= 0.6 is 0 Å². The van der Waals surface area contributed by atoms with Gasteiger partial charge >= 0.3 is 0 Å². The van der Waals surface area contributed by atoms with Crippen LogP contribution in [0.15, 0.2) is 23.6 Å². The van der Waals surface area contributed by atoms with Gasteiger partial charge in [-0.15, -0.1) is 0 Å². The largest absolute Gasteiger partial charge is 0.497 e. The predicted molar refractivity (Wildman–Crippen MR) is 62.4 cm³/mol. The monoisotopic (exact) mass is 207 g/mol. The molecule has 1 atom stereocenters. The molecule has 84 valence electrons. The Hall–Kier alpha value is -0.920. The molecule has 0 aromatic carbocycles. The maximum Gasteiger partial charge on any atom is 0.116 e. The van der Waals surface area contributed by atoms with Crippen LogP contribution in [0.2, 0.25) is 0 Å². The lowest BCUT2D eigenvalue weighted by Crippen LogP contribution is -2.37. The molecular weight excluding hydrogens is 186 g/mol. The summed E-state index contributed by atoms with van der Waals surface area (Å²) in [5.41, 5.74) is 1.47. The number of likely N-dealkylation sites (tertiary alicyclic amines) is 1. The van der Waals surface area contributed by atoms with E-state index < -0.39 is 0 Å². The summed E-state index contributed by atoms with van der Waals surface area (Å²) in [6.45, 7) is 3.56. The molecule has 1 aliphatic heterocycles. The standard InChI is InChI=1S/C13H21NO/c1-11-6-3-4-9-14(11)12-7-5-8-13(10-12)15-2/h8,10-11H,3-7,9H2,1-2H3. The second kappa shape index (κ2) is 4.73. The highest BCUT2D eigenvalue weighted by molar-refractivity contribution is 5.23. The third-order valence-corrected chi connectivity index (χ3v) is 3.46. The first-order valence-corrected chi connectivity index (χ1v) is 6.02. The number of ether oxygens (including phenoxy) is 1. The third kappa shape index (κ3) is 2.36. The molecule has 0 aromatic rings. The van der Waals surface area contributed by atoms with Crippen LogP contribution in [0.25, 0.3) is 0 Å². The summed E-state index contributed by atoms with van der Waals surface area (Å²) in [6.07, 6.45) is 10.8. The summed E-state index contributed by atoms with van der Waals surface area (Å²) >= 11 is 0. The number of allylic oxidation sites excluding steroid dienone is 3. The molecule has 0 amide bonds. The molecule has 0 radical (unpaired) electrons. The summed E-state index contributed by atoms with van der Waals surface area (Å²) in [5, 5.41) is 0. The van der Waals surface area contributed by atoms with Crippen LogP contribution in [0.4, 0.5) is 0 Å². The quantitative estimate of drug-likeness (QED) is 0.690. The number of methoxy groups -OCH3 is 1. The minimum absolute atomic E-state index is 0.709. The molecule has 2 nitrogen and oxygen atoms in total. The van der Waals surface area contributed by atoms with Crippen molar-refractivity contribution >= 4 is 0 Å². The fourth-order valence-electron chi connectivity index (χ4n) is 2.55. The first-order valence-electron chi connectivity index (χ1n) is 6.02. The zero-order chi connectivity index (χ0) is 10.7. The molecular formula is C13H21NO. The average Bonchev–Trinajstić information content (AvgIpc) is 2.30. The summed E-state index contributed by atoms with van der Waals surface area (Å²) in [4.78, 5) is 2.56. The molecule has 2 rings (SSSR count). The highest BCUT2D eigenvalue weighted by atomic mass is 16.5. The van der Waals surface area contributed by atoms with Gasteiger partial charge in [-0.1, -0.05) is 0 Å². The van der Waals surface area contributed by atoms with E-state index in [0.29, 0.717) is 6.04 Å². The molecule has 15 heavy (non-hydrogen) atoms. The minimum Gasteiger partial charge on any atom is -0.497 e. The van der Waals surface area contributed by atoms with Crippen molar-refractivity contribution in [2.75, 3.05) is 13.7 Å². The molecule has 2 aliphatic rings. The first-order chi connectivity index (χ1) is 7.31. The number of rotatable bonds is 2. The predicted octanol–water partition coefficient (Wildman–Crippen LogP) is 3.07. The van der Waals surface area contributed by atoms with E-state index in [9.17, 15) is 0 Å². The molecule has 1 heterocycles. The Morgan fingerprint density at radius 2 is 2.27 bits per heavy atom. The van der Waals surface area contributed by atoms with E-state index >= 15 is 0 Å². The fraction of sp³-hybridized carbons (Fsp3) is 0.692. The third-order valence-electron chi connectivity index (χ3n) is 3.46. The molecule has 1 aliphatic carbocycles. The molecule has 0 spiro atoms. The summed E-state index contributed by atoms with van der Waals surface area (Å²) in [7, 11) is 1.75. The van der Waals surface area contributed by atoms with E-state index in [0.717, 1.165) is 12.2 Å². The second-order valence-corrected chi connectivity index (χ2v) is 4.52. The van der Waals surface area contributed by atoms with Crippen LogP contribution in [0, 0.1) is 0 Å². The van der Waals surface area contributed by atoms with Gasteiger partial charge in [0.25, 0.3) is 0 Å². The van der Waals surface area contributed by atoms with Crippen LogP contribution in [0.1, 0.15) is 39.0 Å². The van der Waals surface area contributed by atoms with E-state index in [-0.39, 0.29) is 0 Å². The zero-order valence-electron chi connectivity index (χ0n) is 9.83. The van der Waals surface area contributed by atoms with Crippen LogP contribution in [-0.4, -0.2) is 24.6 Å². The zero-order valence-corrected chi connectivity index (χ0v) is 9.83. The molecule has 0 N–H and O–H groups in total. The second-order valence-electron chi connectivity index (χ2n) is 4.52. The minimum atomic E-state index is 0.709. The van der Waals surface area contributed by atoms with Crippen molar-refractivity contribution in [3.63, 3.8) is 0 Å². The van der Waals surface area contributed by atoms with Gasteiger partial charge in [0.1, 0.15) is 5.76 Å². The van der Waals surface area contributed by atoms with Gasteiger partial charge in [-0.25, -0.2) is 0 Å². The number of nitrogens with zero attached hydrogens (tertiary/aromatic N) is 1. The van der Waals surface area contributed by atoms with Crippen LogP contribution in [0.5, 0.6) is 0 Å². The molecule has 0 bridgehead atoms. The van der Waals surface area contributed by atoms with Crippen molar-refractivity contribution in [2.45, 2.75) is 45.1 Å². The SMILES string of the molecule is COC1=CCCC(N2CCCCC2C)=C1. The van der Waals surface area contributed by atoms with E-state index in [1.165, 1.54) is 37.9 Å². The Bertz CT molecular complexity index is 280. The van der Waals surface area contributed by atoms with Gasteiger partial charge in [-0.3, -0.25) is 0 Å². The maximum absolute atomic E-state index is 5.31. The Kier molecular flexibility index (Phi) is 3.34. The highest BCUT2D eigenvalue weighted by Crippen LogP contribution is 2.27. The van der Waals surface area contributed by atoms with Gasteiger partial charge in [0.05, 0.1) is 7.11 Å². The van der Waals surface area contributed by atoms with Gasteiger partial charge in [0.15, 0.2) is 0 Å². The number of hydrogen-bond acceptors (Lipinski definition) is 2. The molecule has 0 aromatic heterocycles. The van der Waals surface area contributed by atoms with Gasteiger partial charge in [0, 0.05) is 18.3 Å². The summed E-state index contributed by atoms with van der Waals surface area (Å²) in [6, 6.07) is 0.709. The highest BCUT2D eigenvalue weighted by Gasteiger charge is 2.21. The average molecular weight is 207 g/mol. The van der Waals surface area contributed by atoms with Crippen molar-refractivity contribution in [2.24, 2.45) is 0 Å². The fourth-order valence-corrected chi connectivity index (χ4v) is 2.55. The lowest BCUT2D eigenvalue weighted by Gasteiger charge is -2.38. The lowest BCUT2D eigenvalue weighted by molar-refractivity contribution is 0.198. The van der Waals surface area contributed by atoms with Gasteiger partial charge in [-0.2, -0.15) is 0 Å². The van der Waals surface area contributed by atoms with E-state index in [1.54, 1.807) is 7.11 Å². The first kappa shape index (κ1) is 10.6. The molecule has 1 unspecified atom stereocenters. The van der Waals surface area contributed by atoms with Crippen molar-refractivity contribution in [3.8, 4) is 0 Å². The molecule has 0 saturated carbocycles. The van der Waals surface area contributed by atoms with E-state index in [2.05, 4.69) is 24.0 Å². The van der Waals surface area contributed by atoms with Gasteiger partial charge in [-0.05, 0) is 51.2 Å². The number of hydrogen-bond donors (Lipinski definition) is 0. The summed E-state index contributed by atoms with van der Waals surface area (Å²) in [5.74, 6) is 1.04. The van der Waals surface area contributed by atoms with Crippen LogP contribution in [-0.2, 0) is 4.74 Å². The normalized spacial score (nSPS) is 27.1. The molecule has 1 saturated heterocycles. The van der Waals surface area contributed by atoms with Crippen molar-refractivity contribution in [1.82, 2.24) is 4.90 Å². The van der Waals surface area contributed by atoms with Crippen LogP contribution in [0.3, 0.4) is 0 Å². The van der Waals surface area contributed by atoms with Crippen molar-refractivity contribution in [3.05, 3.63) is 23.6 Å². The summed E-state index contributed by atoms with van der Waals surface area (Å²) < 4.78 is 5.31. The number of piperidine rings is 1. The molecule has 1 fully saturated rings. The smallest absolute Gasteiger partial charge is 0.116 e.